The molecule has 15 heavy (non-hydrogen) atoms. The van der Waals surface area contributed by atoms with E-state index in [0.29, 0.717) is 6.07 Å². The molecule has 0 atom stereocenters. The lowest BCUT2D eigenvalue weighted by atomic mass is 10.2. The molecule has 0 spiro atoms. The van der Waals surface area contributed by atoms with Gasteiger partial charge in [0.1, 0.15) is 11.5 Å². The lowest BCUT2D eigenvalue weighted by Gasteiger charge is -2.08. The molecule has 0 saturated heterocycles. The first kappa shape index (κ1) is 13.9. The van der Waals surface area contributed by atoms with Gasteiger partial charge in [0.25, 0.3) is 0 Å². The molecule has 1 aromatic rings. The standard InChI is InChI=1S/C8H7F4N.C2H6/c1-4-5(2)13-7(3-6(4)9)8(10,11)12;1-2/h3H,1-2H3;1-2H3. The number of hydrogen-bond donors (Lipinski definition) is 0. The summed E-state index contributed by atoms with van der Waals surface area (Å²) in [6, 6.07) is 0.405. The molecule has 0 unspecified atom stereocenters. The number of halogens is 4. The fourth-order valence-corrected chi connectivity index (χ4v) is 0.843. The van der Waals surface area contributed by atoms with Crippen molar-refractivity contribution in [1.29, 1.82) is 0 Å². The Morgan fingerprint density at radius 3 is 1.93 bits per heavy atom. The SMILES string of the molecule is CC.Cc1nc(C(F)(F)F)cc(F)c1C. The molecule has 0 aliphatic carbocycles. The van der Waals surface area contributed by atoms with Crippen LogP contribution in [0.25, 0.3) is 0 Å². The Hall–Kier alpha value is -1.13. The normalized spacial score (nSPS) is 10.7. The van der Waals surface area contributed by atoms with Crippen molar-refractivity contribution in [3.63, 3.8) is 0 Å². The second kappa shape index (κ2) is 5.09. The number of hydrogen-bond acceptors (Lipinski definition) is 1. The molecule has 0 aromatic carbocycles. The van der Waals surface area contributed by atoms with E-state index in [0.717, 1.165) is 0 Å². The molecule has 0 aliphatic rings. The van der Waals surface area contributed by atoms with Gasteiger partial charge in [-0.15, -0.1) is 0 Å². The molecule has 1 rings (SSSR count). The lowest BCUT2D eigenvalue weighted by Crippen LogP contribution is -2.10. The highest BCUT2D eigenvalue weighted by Crippen LogP contribution is 2.29. The van der Waals surface area contributed by atoms with Crippen molar-refractivity contribution in [2.75, 3.05) is 0 Å². The minimum absolute atomic E-state index is 0.0623. The van der Waals surface area contributed by atoms with E-state index in [1.54, 1.807) is 0 Å². The predicted molar refractivity (Wildman–Crippen MR) is 50.0 cm³/mol. The second-order valence-corrected chi connectivity index (χ2v) is 2.70. The third-order valence-electron chi connectivity index (χ3n) is 1.74. The molecule has 1 heterocycles. The molecule has 0 fully saturated rings. The van der Waals surface area contributed by atoms with Crippen LogP contribution in [0.15, 0.2) is 6.07 Å². The molecule has 86 valence electrons. The number of alkyl halides is 3. The maximum Gasteiger partial charge on any atom is 0.433 e. The van der Waals surface area contributed by atoms with E-state index in [2.05, 4.69) is 4.98 Å². The summed E-state index contributed by atoms with van der Waals surface area (Å²) in [6.07, 6.45) is -4.58. The van der Waals surface area contributed by atoms with E-state index in [4.69, 9.17) is 0 Å². The van der Waals surface area contributed by atoms with Gasteiger partial charge in [-0.05, 0) is 13.8 Å². The summed E-state index contributed by atoms with van der Waals surface area (Å²) in [4.78, 5) is 3.24. The Balaban J connectivity index is 0.000000921. The number of aromatic nitrogens is 1. The summed E-state index contributed by atoms with van der Waals surface area (Å²) in [7, 11) is 0. The zero-order chi connectivity index (χ0) is 12.2. The first-order valence-corrected chi connectivity index (χ1v) is 4.53. The number of nitrogens with zero attached hydrogens (tertiary/aromatic N) is 1. The van der Waals surface area contributed by atoms with Gasteiger partial charge in [0.2, 0.25) is 0 Å². The van der Waals surface area contributed by atoms with E-state index in [1.165, 1.54) is 13.8 Å². The molecule has 0 N–H and O–H groups in total. The Morgan fingerprint density at radius 1 is 1.13 bits per heavy atom. The van der Waals surface area contributed by atoms with Crippen molar-refractivity contribution < 1.29 is 17.6 Å². The van der Waals surface area contributed by atoms with Crippen LogP contribution in [0.1, 0.15) is 30.8 Å². The van der Waals surface area contributed by atoms with E-state index in [9.17, 15) is 17.6 Å². The predicted octanol–water partition coefficient (Wildman–Crippen LogP) is 3.88. The van der Waals surface area contributed by atoms with Crippen molar-refractivity contribution >= 4 is 0 Å². The van der Waals surface area contributed by atoms with Crippen molar-refractivity contribution in [2.45, 2.75) is 33.9 Å². The van der Waals surface area contributed by atoms with Gasteiger partial charge >= 0.3 is 6.18 Å². The average Bonchev–Trinajstić information content (AvgIpc) is 2.15. The van der Waals surface area contributed by atoms with Crippen LogP contribution in [0.3, 0.4) is 0 Å². The Labute approximate surface area is 86.1 Å². The highest BCUT2D eigenvalue weighted by Gasteiger charge is 2.33. The highest BCUT2D eigenvalue weighted by molar-refractivity contribution is 5.23. The molecule has 5 heteroatoms. The first-order valence-electron chi connectivity index (χ1n) is 4.53. The fourth-order valence-electron chi connectivity index (χ4n) is 0.843. The van der Waals surface area contributed by atoms with Gasteiger partial charge in [0.05, 0.1) is 0 Å². The molecule has 0 radical (unpaired) electrons. The van der Waals surface area contributed by atoms with Crippen LogP contribution >= 0.6 is 0 Å². The fraction of sp³-hybridized carbons (Fsp3) is 0.500. The van der Waals surface area contributed by atoms with E-state index < -0.39 is 17.7 Å². The van der Waals surface area contributed by atoms with E-state index in [1.807, 2.05) is 13.8 Å². The largest absolute Gasteiger partial charge is 0.433 e. The zero-order valence-corrected chi connectivity index (χ0v) is 9.04. The quantitative estimate of drug-likeness (QED) is 0.608. The summed E-state index contributed by atoms with van der Waals surface area (Å²) < 4.78 is 49.0. The van der Waals surface area contributed by atoms with Crippen LogP contribution in [0.4, 0.5) is 17.6 Å². The van der Waals surface area contributed by atoms with Crippen LogP contribution in [-0.4, -0.2) is 4.98 Å². The molecular weight excluding hydrogens is 210 g/mol. The number of pyridine rings is 1. The van der Waals surface area contributed by atoms with Crippen molar-refractivity contribution in [3.05, 3.63) is 28.8 Å². The van der Waals surface area contributed by atoms with Crippen molar-refractivity contribution in [2.24, 2.45) is 0 Å². The second-order valence-electron chi connectivity index (χ2n) is 2.70. The minimum Gasteiger partial charge on any atom is -0.248 e. The minimum atomic E-state index is -4.58. The van der Waals surface area contributed by atoms with Crippen LogP contribution in [-0.2, 0) is 6.18 Å². The molecular formula is C10H13F4N. The van der Waals surface area contributed by atoms with Crippen LogP contribution in [0, 0.1) is 19.7 Å². The third-order valence-corrected chi connectivity index (χ3v) is 1.74. The zero-order valence-electron chi connectivity index (χ0n) is 9.04. The smallest absolute Gasteiger partial charge is 0.248 e. The Kier molecular flexibility index (Phi) is 4.71. The van der Waals surface area contributed by atoms with E-state index in [-0.39, 0.29) is 11.3 Å². The summed E-state index contributed by atoms with van der Waals surface area (Å²) in [5.41, 5.74) is -0.978. The summed E-state index contributed by atoms with van der Waals surface area (Å²) in [5.74, 6) is -0.875. The lowest BCUT2D eigenvalue weighted by molar-refractivity contribution is -0.141. The van der Waals surface area contributed by atoms with Gasteiger partial charge in [0.15, 0.2) is 0 Å². The third kappa shape index (κ3) is 3.49. The summed E-state index contributed by atoms with van der Waals surface area (Å²) >= 11 is 0. The Morgan fingerprint density at radius 2 is 1.60 bits per heavy atom. The molecule has 0 bridgehead atoms. The molecule has 0 saturated carbocycles. The molecule has 1 nitrogen and oxygen atoms in total. The van der Waals surface area contributed by atoms with Gasteiger partial charge in [0, 0.05) is 17.3 Å². The Bertz CT molecular complexity index is 308. The average molecular weight is 223 g/mol. The maximum absolute atomic E-state index is 12.8. The van der Waals surface area contributed by atoms with Gasteiger partial charge in [-0.2, -0.15) is 13.2 Å². The monoisotopic (exact) mass is 223 g/mol. The van der Waals surface area contributed by atoms with Crippen LogP contribution in [0.5, 0.6) is 0 Å². The van der Waals surface area contributed by atoms with E-state index >= 15 is 0 Å². The van der Waals surface area contributed by atoms with Gasteiger partial charge < -0.3 is 0 Å². The molecule has 0 amide bonds. The van der Waals surface area contributed by atoms with Crippen molar-refractivity contribution in [1.82, 2.24) is 4.98 Å². The highest BCUT2D eigenvalue weighted by atomic mass is 19.4. The topological polar surface area (TPSA) is 12.9 Å². The number of aryl methyl sites for hydroxylation is 1. The number of rotatable bonds is 0. The van der Waals surface area contributed by atoms with Gasteiger partial charge in [-0.25, -0.2) is 9.37 Å². The van der Waals surface area contributed by atoms with Gasteiger partial charge in [-0.1, -0.05) is 13.8 Å². The summed E-state index contributed by atoms with van der Waals surface area (Å²) in [5, 5.41) is 0. The van der Waals surface area contributed by atoms with Crippen LogP contribution in [0.2, 0.25) is 0 Å². The van der Waals surface area contributed by atoms with Crippen LogP contribution < -0.4 is 0 Å². The van der Waals surface area contributed by atoms with Gasteiger partial charge in [-0.3, -0.25) is 0 Å². The van der Waals surface area contributed by atoms with Crippen molar-refractivity contribution in [3.8, 4) is 0 Å². The summed E-state index contributed by atoms with van der Waals surface area (Å²) in [6.45, 7) is 6.73. The molecule has 1 aromatic heterocycles. The first-order chi connectivity index (χ1) is 6.82. The molecule has 0 aliphatic heterocycles. The maximum atomic E-state index is 12.8.